The van der Waals surface area contributed by atoms with Crippen LogP contribution in [0.25, 0.3) is 0 Å². The van der Waals surface area contributed by atoms with Crippen LogP contribution in [0, 0.1) is 0 Å². The van der Waals surface area contributed by atoms with Crippen LogP contribution < -0.4 is 9.92 Å². The van der Waals surface area contributed by atoms with Crippen molar-refractivity contribution in [3.05, 3.63) is 24.3 Å². The Balaban J connectivity index is 3.14. The third kappa shape index (κ3) is 5.53. The molecule has 0 N–H and O–H groups in total. The SMILES string of the molecule is COc1ccc([Si](C)(O[Si](C)(C)C)O[Si](C)(C)C)cc1. The van der Waals surface area contributed by atoms with Crippen LogP contribution in [0.15, 0.2) is 24.3 Å². The number of benzene rings is 1. The highest BCUT2D eigenvalue weighted by Crippen LogP contribution is 2.21. The Labute approximate surface area is 126 Å². The van der Waals surface area contributed by atoms with Crippen molar-refractivity contribution in [2.24, 2.45) is 0 Å². The molecule has 0 fully saturated rings. The quantitative estimate of drug-likeness (QED) is 0.746. The predicted molar refractivity (Wildman–Crippen MR) is 93.1 cm³/mol. The molecule has 1 aromatic rings. The largest absolute Gasteiger partial charge is 0.497 e. The Bertz CT molecular complexity index is 416. The molecule has 0 atom stereocenters. The van der Waals surface area contributed by atoms with Crippen molar-refractivity contribution in [1.82, 2.24) is 0 Å². The summed E-state index contributed by atoms with van der Waals surface area (Å²) in [6.07, 6.45) is 0. The average Bonchev–Trinajstić information content (AvgIpc) is 2.24. The van der Waals surface area contributed by atoms with Crippen LogP contribution in [0.2, 0.25) is 45.8 Å². The lowest BCUT2D eigenvalue weighted by Gasteiger charge is -2.38. The van der Waals surface area contributed by atoms with Crippen molar-refractivity contribution in [1.29, 1.82) is 0 Å². The number of hydrogen-bond donors (Lipinski definition) is 0. The highest BCUT2D eigenvalue weighted by atomic mass is 28.5. The van der Waals surface area contributed by atoms with Crippen LogP contribution in [-0.2, 0) is 8.23 Å². The minimum Gasteiger partial charge on any atom is -0.497 e. The minimum absolute atomic E-state index is 0.867. The van der Waals surface area contributed by atoms with Crippen LogP contribution in [0.5, 0.6) is 5.75 Å². The Morgan fingerprint density at radius 1 is 0.700 bits per heavy atom. The van der Waals surface area contributed by atoms with Crippen molar-refractivity contribution in [3.63, 3.8) is 0 Å². The summed E-state index contributed by atoms with van der Waals surface area (Å²) in [6.45, 7) is 15.5. The number of ether oxygens (including phenoxy) is 1. The standard InChI is InChI=1S/C14H28O3Si3/c1-15-13-9-11-14(12-10-13)20(8,16-18(2,3)4)17-19(5,6)7/h9-12H,1-8H3. The van der Waals surface area contributed by atoms with Crippen molar-refractivity contribution >= 4 is 30.4 Å². The smallest absolute Gasteiger partial charge is 0.348 e. The third-order valence-electron chi connectivity index (χ3n) is 2.62. The van der Waals surface area contributed by atoms with E-state index in [1.807, 2.05) is 12.1 Å². The molecule has 0 heterocycles. The van der Waals surface area contributed by atoms with Gasteiger partial charge in [0.1, 0.15) is 5.75 Å². The summed E-state index contributed by atoms with van der Waals surface area (Å²) in [7, 11) is -4.02. The molecule has 3 nitrogen and oxygen atoms in total. The fourth-order valence-electron chi connectivity index (χ4n) is 2.20. The zero-order chi connectivity index (χ0) is 15.6. The molecule has 0 unspecified atom stereocenters. The Morgan fingerprint density at radius 3 is 1.40 bits per heavy atom. The van der Waals surface area contributed by atoms with Gasteiger partial charge >= 0.3 is 8.56 Å². The summed E-state index contributed by atoms with van der Waals surface area (Å²) < 4.78 is 18.3. The second kappa shape index (κ2) is 6.15. The van der Waals surface area contributed by atoms with E-state index in [0.717, 1.165) is 5.75 Å². The van der Waals surface area contributed by atoms with Gasteiger partial charge in [0.15, 0.2) is 16.6 Å². The average molecular weight is 329 g/mol. The van der Waals surface area contributed by atoms with E-state index in [9.17, 15) is 0 Å². The molecule has 0 saturated heterocycles. The first kappa shape index (κ1) is 17.6. The number of rotatable bonds is 6. The molecule has 6 heteroatoms. The van der Waals surface area contributed by atoms with E-state index in [0.29, 0.717) is 0 Å². The summed E-state index contributed by atoms with van der Waals surface area (Å²) >= 11 is 0. The van der Waals surface area contributed by atoms with Crippen LogP contribution in [0.1, 0.15) is 0 Å². The molecule has 0 aliphatic heterocycles. The maximum Gasteiger partial charge on any atom is 0.348 e. The molecule has 0 aromatic heterocycles. The summed E-state index contributed by atoms with van der Waals surface area (Å²) in [5, 5.41) is 1.18. The van der Waals surface area contributed by atoms with E-state index in [2.05, 4.69) is 58.0 Å². The van der Waals surface area contributed by atoms with E-state index in [1.165, 1.54) is 5.19 Å². The van der Waals surface area contributed by atoms with E-state index in [4.69, 9.17) is 13.0 Å². The Hall–Kier alpha value is -0.409. The van der Waals surface area contributed by atoms with Gasteiger partial charge in [0.05, 0.1) is 7.11 Å². The highest BCUT2D eigenvalue weighted by molar-refractivity contribution is 6.94. The van der Waals surface area contributed by atoms with Gasteiger partial charge in [-0.3, -0.25) is 0 Å². The molecule has 0 bridgehead atoms. The number of methoxy groups -OCH3 is 1. The van der Waals surface area contributed by atoms with Gasteiger partial charge in [0, 0.05) is 0 Å². The fraction of sp³-hybridized carbons (Fsp3) is 0.571. The lowest BCUT2D eigenvalue weighted by molar-refractivity contribution is 0.404. The van der Waals surface area contributed by atoms with Crippen molar-refractivity contribution < 1.29 is 13.0 Å². The van der Waals surface area contributed by atoms with E-state index >= 15 is 0 Å². The Kier molecular flexibility index (Phi) is 5.42. The lowest BCUT2D eigenvalue weighted by Crippen LogP contribution is -2.60. The predicted octanol–water partition coefficient (Wildman–Crippen LogP) is 3.68. The van der Waals surface area contributed by atoms with Crippen molar-refractivity contribution in [3.8, 4) is 5.75 Å². The molecule has 0 spiro atoms. The van der Waals surface area contributed by atoms with E-state index in [1.54, 1.807) is 7.11 Å². The molecule has 0 radical (unpaired) electrons. The second-order valence-electron chi connectivity index (χ2n) is 7.10. The monoisotopic (exact) mass is 328 g/mol. The van der Waals surface area contributed by atoms with E-state index < -0.39 is 25.2 Å². The van der Waals surface area contributed by atoms with Gasteiger partial charge in [0.25, 0.3) is 0 Å². The first-order valence-electron chi connectivity index (χ1n) is 7.00. The van der Waals surface area contributed by atoms with Gasteiger partial charge < -0.3 is 13.0 Å². The molecule has 0 amide bonds. The first-order valence-corrected chi connectivity index (χ1v) is 16.1. The molecule has 0 saturated carbocycles. The normalized spacial score (nSPS) is 13.4. The van der Waals surface area contributed by atoms with Gasteiger partial charge in [-0.15, -0.1) is 0 Å². The molecule has 1 rings (SSSR count). The minimum atomic E-state index is -2.36. The molecule has 114 valence electrons. The summed E-state index contributed by atoms with van der Waals surface area (Å²) in [4.78, 5) is 0. The zero-order valence-corrected chi connectivity index (χ0v) is 17.0. The topological polar surface area (TPSA) is 27.7 Å². The highest BCUT2D eigenvalue weighted by Gasteiger charge is 2.42. The summed E-state index contributed by atoms with van der Waals surface area (Å²) in [5.41, 5.74) is 0. The maximum atomic E-state index is 6.51. The molecular formula is C14H28O3Si3. The molecule has 0 aliphatic rings. The summed E-state index contributed by atoms with van der Waals surface area (Å²) in [5.74, 6) is 0.867. The van der Waals surface area contributed by atoms with Gasteiger partial charge in [-0.25, -0.2) is 0 Å². The van der Waals surface area contributed by atoms with Crippen molar-refractivity contribution in [2.45, 2.75) is 45.8 Å². The molecule has 20 heavy (non-hydrogen) atoms. The van der Waals surface area contributed by atoms with Gasteiger partial charge in [-0.1, -0.05) is 12.1 Å². The lowest BCUT2D eigenvalue weighted by atomic mass is 10.3. The molecule has 1 aromatic carbocycles. The molecular weight excluding hydrogens is 300 g/mol. The van der Waals surface area contributed by atoms with Crippen LogP contribution in [-0.4, -0.2) is 32.3 Å². The van der Waals surface area contributed by atoms with E-state index in [-0.39, 0.29) is 0 Å². The van der Waals surface area contributed by atoms with Crippen LogP contribution in [0.4, 0.5) is 0 Å². The maximum absolute atomic E-state index is 6.51. The van der Waals surface area contributed by atoms with Gasteiger partial charge in [0.2, 0.25) is 0 Å². The third-order valence-corrected chi connectivity index (χ3v) is 12.0. The van der Waals surface area contributed by atoms with Crippen LogP contribution >= 0.6 is 0 Å². The second-order valence-corrected chi connectivity index (χ2v) is 19.7. The molecule has 0 aliphatic carbocycles. The zero-order valence-electron chi connectivity index (χ0n) is 14.0. The van der Waals surface area contributed by atoms with Gasteiger partial charge in [-0.2, -0.15) is 0 Å². The summed E-state index contributed by atoms with van der Waals surface area (Å²) in [6, 6.07) is 8.15. The van der Waals surface area contributed by atoms with Gasteiger partial charge in [-0.05, 0) is 63.1 Å². The Morgan fingerprint density at radius 2 is 1.10 bits per heavy atom. The van der Waals surface area contributed by atoms with Crippen molar-refractivity contribution in [2.75, 3.05) is 7.11 Å². The van der Waals surface area contributed by atoms with Crippen LogP contribution in [0.3, 0.4) is 0 Å². The number of hydrogen-bond acceptors (Lipinski definition) is 3. The fourth-order valence-corrected chi connectivity index (χ4v) is 13.8. The first-order chi connectivity index (χ1) is 8.95.